The summed E-state index contributed by atoms with van der Waals surface area (Å²) in [6.07, 6.45) is -3.85. The van der Waals surface area contributed by atoms with Gasteiger partial charge >= 0.3 is 12.3 Å². The van der Waals surface area contributed by atoms with Crippen LogP contribution in [0.4, 0.5) is 17.6 Å². The van der Waals surface area contributed by atoms with Gasteiger partial charge in [0.25, 0.3) is 0 Å². The van der Waals surface area contributed by atoms with Gasteiger partial charge < -0.3 is 14.6 Å². The van der Waals surface area contributed by atoms with Crippen LogP contribution in [0.15, 0.2) is 65.7 Å². The highest BCUT2D eigenvalue weighted by molar-refractivity contribution is 7.89. The fourth-order valence-electron chi connectivity index (χ4n) is 3.74. The maximum Gasteiger partial charge on any atom is 0.573 e. The summed E-state index contributed by atoms with van der Waals surface area (Å²) in [6, 6.07) is 10.0. The van der Waals surface area contributed by atoms with Crippen molar-refractivity contribution >= 4 is 16.0 Å². The summed E-state index contributed by atoms with van der Waals surface area (Å²) in [4.78, 5) is 15.0. The van der Waals surface area contributed by atoms with Crippen molar-refractivity contribution in [1.29, 1.82) is 0 Å². The average Bonchev–Trinajstić information content (AvgIpc) is 2.79. The number of nitrogens with one attached hydrogen (secondary N) is 1. The second kappa shape index (κ2) is 8.82. The third-order valence-electron chi connectivity index (χ3n) is 5.28. The lowest BCUT2D eigenvalue weighted by Crippen LogP contribution is -2.50. The number of alkyl halides is 3. The van der Waals surface area contributed by atoms with E-state index in [0.717, 1.165) is 42.5 Å². The minimum atomic E-state index is -5.13. The molecule has 1 aliphatic rings. The molecule has 1 aromatic heterocycles. The molecule has 13 heteroatoms. The summed E-state index contributed by atoms with van der Waals surface area (Å²) in [5.41, 5.74) is -1.84. The molecule has 0 amide bonds. The van der Waals surface area contributed by atoms with Crippen molar-refractivity contribution < 1.29 is 45.4 Å². The van der Waals surface area contributed by atoms with E-state index < -0.39 is 39.5 Å². The van der Waals surface area contributed by atoms with Crippen LogP contribution in [0.2, 0.25) is 0 Å². The summed E-state index contributed by atoms with van der Waals surface area (Å²) in [5, 5.41) is 9.05. The molecule has 8 nitrogen and oxygen atoms in total. The smallest absolute Gasteiger partial charge is 0.491 e. The molecular formula is C22H16F4N2O6S. The first kappa shape index (κ1) is 24.4. The van der Waals surface area contributed by atoms with Crippen molar-refractivity contribution in [1.82, 2.24) is 9.71 Å². The standard InChI is InChI=1S/C22H16F4N2O6S/c23-16-12-14(5-8-17(16)34-22(24,25)26)21(9-11-33-18-2-1-10-27-19(18)21)28-35(31,32)15-6-3-13(4-7-15)20(29)30/h1-8,10,12,28H,9,11H2,(H,29,30)/t21-/m0/s1. The van der Waals surface area contributed by atoms with Gasteiger partial charge in [-0.3, -0.25) is 4.98 Å². The molecule has 0 aliphatic carbocycles. The summed E-state index contributed by atoms with van der Waals surface area (Å²) in [7, 11) is -4.38. The second-order valence-electron chi connectivity index (χ2n) is 7.48. The molecule has 0 bridgehead atoms. The van der Waals surface area contributed by atoms with E-state index in [1.54, 1.807) is 0 Å². The predicted molar refractivity (Wildman–Crippen MR) is 112 cm³/mol. The summed E-state index contributed by atoms with van der Waals surface area (Å²) < 4.78 is 90.8. The predicted octanol–water partition coefficient (Wildman–Crippen LogP) is 3.82. The Kier molecular flexibility index (Phi) is 6.15. The number of sulfonamides is 1. The van der Waals surface area contributed by atoms with E-state index in [1.807, 2.05) is 0 Å². The van der Waals surface area contributed by atoms with Crippen LogP contribution in [0.3, 0.4) is 0 Å². The SMILES string of the molecule is O=C(O)c1ccc(S(=O)(=O)N[C@]2(c3ccc(OC(F)(F)F)c(F)c3)CCOc3cccnc32)cc1. The van der Waals surface area contributed by atoms with Gasteiger partial charge in [0.1, 0.15) is 17.0 Å². The molecule has 0 spiro atoms. The molecule has 0 saturated carbocycles. The topological polar surface area (TPSA) is 115 Å². The Morgan fingerprint density at radius 1 is 1.14 bits per heavy atom. The maximum absolute atomic E-state index is 14.6. The third kappa shape index (κ3) is 4.91. The molecule has 1 atom stereocenters. The highest BCUT2D eigenvalue weighted by Gasteiger charge is 2.45. The Hall–Kier alpha value is -3.71. The van der Waals surface area contributed by atoms with Gasteiger partial charge in [-0.05, 0) is 54.1 Å². The molecule has 2 N–H and O–H groups in total. The van der Waals surface area contributed by atoms with Gasteiger partial charge in [0, 0.05) is 12.6 Å². The number of nitrogens with zero attached hydrogens (tertiary/aromatic N) is 1. The molecule has 0 saturated heterocycles. The second-order valence-corrected chi connectivity index (χ2v) is 9.16. The quantitative estimate of drug-likeness (QED) is 0.483. The average molecular weight is 512 g/mol. The van der Waals surface area contributed by atoms with E-state index in [-0.39, 0.29) is 40.5 Å². The van der Waals surface area contributed by atoms with Gasteiger partial charge in [0.05, 0.1) is 17.1 Å². The molecule has 1 aliphatic heterocycles. The van der Waals surface area contributed by atoms with Crippen molar-refractivity contribution in [2.75, 3.05) is 6.61 Å². The molecular weight excluding hydrogens is 496 g/mol. The first-order valence-corrected chi connectivity index (χ1v) is 11.4. The van der Waals surface area contributed by atoms with E-state index in [9.17, 15) is 30.8 Å². The molecule has 35 heavy (non-hydrogen) atoms. The summed E-state index contributed by atoms with van der Waals surface area (Å²) >= 11 is 0. The van der Waals surface area contributed by atoms with E-state index in [4.69, 9.17) is 9.84 Å². The molecule has 2 aromatic carbocycles. The Morgan fingerprint density at radius 3 is 2.49 bits per heavy atom. The Bertz CT molecular complexity index is 1380. The van der Waals surface area contributed by atoms with Gasteiger partial charge in [-0.2, -0.15) is 4.72 Å². The van der Waals surface area contributed by atoms with Crippen molar-refractivity contribution in [3.63, 3.8) is 0 Å². The van der Waals surface area contributed by atoms with Crippen molar-refractivity contribution in [3.8, 4) is 11.5 Å². The molecule has 0 radical (unpaired) electrons. The number of hydrogen-bond acceptors (Lipinski definition) is 6. The number of pyridine rings is 1. The van der Waals surface area contributed by atoms with Crippen molar-refractivity contribution in [3.05, 3.63) is 83.4 Å². The zero-order valence-electron chi connectivity index (χ0n) is 17.5. The van der Waals surface area contributed by atoms with Crippen LogP contribution in [0.1, 0.15) is 28.0 Å². The first-order valence-electron chi connectivity index (χ1n) is 9.93. The third-order valence-corrected chi connectivity index (χ3v) is 6.79. The molecule has 0 unspecified atom stereocenters. The summed E-state index contributed by atoms with van der Waals surface area (Å²) in [5.74, 6) is -3.51. The van der Waals surface area contributed by atoms with E-state index >= 15 is 0 Å². The fraction of sp³-hybridized carbons (Fsp3) is 0.182. The Morgan fingerprint density at radius 2 is 1.86 bits per heavy atom. The van der Waals surface area contributed by atoms with Crippen LogP contribution in [0.25, 0.3) is 0 Å². The minimum Gasteiger partial charge on any atom is -0.491 e. The van der Waals surface area contributed by atoms with Crippen molar-refractivity contribution in [2.24, 2.45) is 0 Å². The van der Waals surface area contributed by atoms with Gasteiger partial charge in [-0.15, -0.1) is 13.2 Å². The normalized spacial score (nSPS) is 17.8. The van der Waals surface area contributed by atoms with E-state index in [0.29, 0.717) is 0 Å². The molecule has 0 fully saturated rings. The van der Waals surface area contributed by atoms with E-state index in [2.05, 4.69) is 14.4 Å². The number of hydrogen-bond donors (Lipinski definition) is 2. The lowest BCUT2D eigenvalue weighted by atomic mass is 9.82. The fourth-order valence-corrected chi connectivity index (χ4v) is 5.13. The number of rotatable bonds is 6. The zero-order chi connectivity index (χ0) is 25.4. The van der Waals surface area contributed by atoms with Gasteiger partial charge in [-0.1, -0.05) is 6.07 Å². The first-order chi connectivity index (χ1) is 16.4. The highest BCUT2D eigenvalue weighted by atomic mass is 32.2. The highest BCUT2D eigenvalue weighted by Crippen LogP contribution is 2.42. The van der Waals surface area contributed by atoms with Gasteiger partial charge in [0.2, 0.25) is 10.0 Å². The van der Waals surface area contributed by atoms with Crippen LogP contribution >= 0.6 is 0 Å². The Labute approximate surface area is 196 Å². The van der Waals surface area contributed by atoms with Crippen molar-refractivity contribution in [2.45, 2.75) is 23.2 Å². The van der Waals surface area contributed by atoms with Crippen LogP contribution in [0.5, 0.6) is 11.5 Å². The summed E-state index contributed by atoms with van der Waals surface area (Å²) in [6.45, 7) is -0.0262. The zero-order valence-corrected chi connectivity index (χ0v) is 18.4. The molecule has 184 valence electrons. The molecule has 3 aromatic rings. The number of benzene rings is 2. The van der Waals surface area contributed by atoms with Gasteiger partial charge in [-0.25, -0.2) is 17.6 Å². The van der Waals surface area contributed by atoms with Crippen LogP contribution in [-0.2, 0) is 15.6 Å². The number of carboxylic acids is 1. The minimum absolute atomic E-state index is 0.0262. The number of halogens is 4. The lowest BCUT2D eigenvalue weighted by molar-refractivity contribution is -0.275. The number of aromatic nitrogens is 1. The van der Waals surface area contributed by atoms with Crippen LogP contribution in [0, 0.1) is 5.82 Å². The van der Waals surface area contributed by atoms with Crippen LogP contribution < -0.4 is 14.2 Å². The molecule has 2 heterocycles. The Balaban J connectivity index is 1.83. The lowest BCUT2D eigenvalue weighted by Gasteiger charge is -2.38. The van der Waals surface area contributed by atoms with Crippen LogP contribution in [-0.4, -0.2) is 37.4 Å². The number of ether oxygens (including phenoxy) is 2. The number of fused-ring (bicyclic) bond motifs is 1. The maximum atomic E-state index is 14.6. The number of carboxylic acid groups (broad SMARTS) is 1. The van der Waals surface area contributed by atoms with Gasteiger partial charge in [0.15, 0.2) is 11.6 Å². The molecule has 4 rings (SSSR count). The van der Waals surface area contributed by atoms with E-state index in [1.165, 1.54) is 18.3 Å². The number of carbonyl (C=O) groups is 1. The largest absolute Gasteiger partial charge is 0.573 e. The monoisotopic (exact) mass is 512 g/mol. The number of aromatic carboxylic acids is 1.